The molecule has 0 aliphatic rings. The Morgan fingerprint density at radius 3 is 2.47 bits per heavy atom. The molecule has 17 heavy (non-hydrogen) atoms. The maximum absolute atomic E-state index is 9.97. The van der Waals surface area contributed by atoms with Gasteiger partial charge in [-0.05, 0) is 11.6 Å². The monoisotopic (exact) mass is 232 g/mol. The number of benzene rings is 1. The van der Waals surface area contributed by atoms with Crippen LogP contribution in [0.15, 0.2) is 42.6 Å². The van der Waals surface area contributed by atoms with Gasteiger partial charge in [0, 0.05) is 19.7 Å². The molecule has 0 fully saturated rings. The molecule has 4 nitrogen and oxygen atoms in total. The van der Waals surface area contributed by atoms with Gasteiger partial charge in [0.15, 0.2) is 0 Å². The first-order valence-electron chi connectivity index (χ1n) is 5.56. The third-order valence-corrected chi connectivity index (χ3v) is 2.69. The molecule has 4 heteroatoms. The molecule has 1 aromatic carbocycles. The highest BCUT2D eigenvalue weighted by molar-refractivity contribution is 5.19. The molecule has 1 aromatic heterocycles. The number of aliphatic hydroxyl groups excluding tert-OH is 2. The van der Waals surface area contributed by atoms with E-state index < -0.39 is 12.2 Å². The number of aryl methyl sites for hydroxylation is 1. The van der Waals surface area contributed by atoms with E-state index >= 15 is 0 Å². The molecule has 0 amide bonds. The highest BCUT2D eigenvalue weighted by Gasteiger charge is 2.19. The van der Waals surface area contributed by atoms with Crippen LogP contribution >= 0.6 is 0 Å². The van der Waals surface area contributed by atoms with Gasteiger partial charge in [0.2, 0.25) is 0 Å². The van der Waals surface area contributed by atoms with Crippen molar-refractivity contribution in [3.8, 4) is 0 Å². The largest absolute Gasteiger partial charge is 0.390 e. The Morgan fingerprint density at radius 1 is 1.18 bits per heavy atom. The summed E-state index contributed by atoms with van der Waals surface area (Å²) in [6, 6.07) is 11.0. The average molecular weight is 232 g/mol. The van der Waals surface area contributed by atoms with Crippen molar-refractivity contribution in [2.45, 2.75) is 18.6 Å². The lowest BCUT2D eigenvalue weighted by molar-refractivity contribution is 0.0183. The van der Waals surface area contributed by atoms with E-state index in [-0.39, 0.29) is 0 Å². The van der Waals surface area contributed by atoms with Crippen LogP contribution in [-0.2, 0) is 13.5 Å². The first-order chi connectivity index (χ1) is 8.16. The molecule has 2 rings (SSSR count). The van der Waals surface area contributed by atoms with E-state index in [1.165, 1.54) is 0 Å². The Morgan fingerprint density at radius 2 is 1.88 bits per heavy atom. The minimum atomic E-state index is -0.877. The van der Waals surface area contributed by atoms with E-state index in [9.17, 15) is 10.2 Å². The van der Waals surface area contributed by atoms with Crippen LogP contribution in [0.25, 0.3) is 0 Å². The number of aromatic nitrogens is 2. The molecule has 90 valence electrons. The maximum Gasteiger partial charge on any atom is 0.105 e. The molecule has 0 spiro atoms. The molecule has 2 unspecified atom stereocenters. The molecule has 0 bridgehead atoms. The van der Waals surface area contributed by atoms with Crippen molar-refractivity contribution in [1.82, 2.24) is 9.78 Å². The van der Waals surface area contributed by atoms with Gasteiger partial charge in [-0.25, -0.2) is 0 Å². The number of aliphatic hydroxyl groups is 2. The molecule has 0 radical (unpaired) electrons. The normalized spacial score (nSPS) is 14.5. The molecule has 0 saturated heterocycles. The number of hydrogen-bond donors (Lipinski definition) is 2. The maximum atomic E-state index is 9.97. The van der Waals surface area contributed by atoms with Crippen LogP contribution in [0.4, 0.5) is 0 Å². The first-order valence-corrected chi connectivity index (χ1v) is 5.56. The zero-order valence-corrected chi connectivity index (χ0v) is 9.69. The van der Waals surface area contributed by atoms with Gasteiger partial charge in [-0.15, -0.1) is 0 Å². The van der Waals surface area contributed by atoms with Gasteiger partial charge in [0.25, 0.3) is 0 Å². The molecule has 0 aliphatic carbocycles. The third kappa shape index (κ3) is 2.93. The van der Waals surface area contributed by atoms with E-state index in [0.29, 0.717) is 6.42 Å². The minimum absolute atomic E-state index is 0.344. The van der Waals surface area contributed by atoms with E-state index in [4.69, 9.17) is 0 Å². The van der Waals surface area contributed by atoms with Crippen molar-refractivity contribution in [1.29, 1.82) is 0 Å². The van der Waals surface area contributed by atoms with Crippen molar-refractivity contribution in [3.05, 3.63) is 53.9 Å². The fourth-order valence-corrected chi connectivity index (χ4v) is 1.77. The number of rotatable bonds is 4. The SMILES string of the molecule is Cn1ccc(CC(O)C(O)c2ccccc2)n1. The summed E-state index contributed by atoms with van der Waals surface area (Å²) < 4.78 is 1.68. The van der Waals surface area contributed by atoms with Crippen molar-refractivity contribution in [3.63, 3.8) is 0 Å². The van der Waals surface area contributed by atoms with Crippen LogP contribution in [0.2, 0.25) is 0 Å². The van der Waals surface area contributed by atoms with E-state index in [2.05, 4.69) is 5.10 Å². The summed E-state index contributed by atoms with van der Waals surface area (Å²) in [6.07, 6.45) is 0.443. The molecule has 1 heterocycles. The van der Waals surface area contributed by atoms with Crippen molar-refractivity contribution in [2.24, 2.45) is 7.05 Å². The second-order valence-corrected chi connectivity index (χ2v) is 4.11. The quantitative estimate of drug-likeness (QED) is 0.828. The van der Waals surface area contributed by atoms with Crippen LogP contribution in [0, 0.1) is 0 Å². The van der Waals surface area contributed by atoms with Gasteiger partial charge in [-0.2, -0.15) is 5.10 Å². The molecular weight excluding hydrogens is 216 g/mol. The lowest BCUT2D eigenvalue weighted by Crippen LogP contribution is -2.21. The highest BCUT2D eigenvalue weighted by Crippen LogP contribution is 2.18. The van der Waals surface area contributed by atoms with Gasteiger partial charge >= 0.3 is 0 Å². The van der Waals surface area contributed by atoms with E-state index in [1.54, 1.807) is 16.8 Å². The number of nitrogens with zero attached hydrogens (tertiary/aromatic N) is 2. The summed E-state index contributed by atoms with van der Waals surface area (Å²) in [6.45, 7) is 0. The highest BCUT2D eigenvalue weighted by atomic mass is 16.3. The first kappa shape index (κ1) is 11.8. The lowest BCUT2D eigenvalue weighted by atomic mass is 10.0. The fraction of sp³-hybridized carbons (Fsp3) is 0.308. The Kier molecular flexibility index (Phi) is 3.56. The second kappa shape index (κ2) is 5.12. The Bertz CT molecular complexity index is 467. The van der Waals surface area contributed by atoms with Gasteiger partial charge < -0.3 is 10.2 Å². The Hall–Kier alpha value is -1.65. The summed E-state index contributed by atoms with van der Waals surface area (Å²) in [5.41, 5.74) is 1.49. The third-order valence-electron chi connectivity index (χ3n) is 2.69. The smallest absolute Gasteiger partial charge is 0.105 e. The zero-order chi connectivity index (χ0) is 12.3. The summed E-state index contributed by atoms with van der Waals surface area (Å²) in [5.74, 6) is 0. The van der Waals surface area contributed by atoms with Crippen molar-refractivity contribution < 1.29 is 10.2 Å². The van der Waals surface area contributed by atoms with Crippen LogP contribution < -0.4 is 0 Å². The van der Waals surface area contributed by atoms with Gasteiger partial charge in [-0.3, -0.25) is 4.68 Å². The summed E-state index contributed by atoms with van der Waals surface area (Å²) in [7, 11) is 1.82. The van der Waals surface area contributed by atoms with Crippen LogP contribution in [0.5, 0.6) is 0 Å². The minimum Gasteiger partial charge on any atom is -0.390 e. The van der Waals surface area contributed by atoms with Crippen molar-refractivity contribution in [2.75, 3.05) is 0 Å². The molecule has 2 atom stereocenters. The Labute approximate surface area is 100 Å². The molecule has 0 aliphatic heterocycles. The Balaban J connectivity index is 2.03. The van der Waals surface area contributed by atoms with Crippen LogP contribution in [0.1, 0.15) is 17.4 Å². The molecular formula is C13H16N2O2. The van der Waals surface area contributed by atoms with Gasteiger partial charge in [-0.1, -0.05) is 30.3 Å². The van der Waals surface area contributed by atoms with Gasteiger partial charge in [0.05, 0.1) is 11.8 Å². The van der Waals surface area contributed by atoms with E-state index in [0.717, 1.165) is 11.3 Å². The summed E-state index contributed by atoms with van der Waals surface area (Å²) >= 11 is 0. The van der Waals surface area contributed by atoms with Crippen molar-refractivity contribution >= 4 is 0 Å². The predicted molar refractivity (Wildman–Crippen MR) is 64.3 cm³/mol. The summed E-state index contributed by atoms with van der Waals surface area (Å²) in [4.78, 5) is 0. The number of hydrogen-bond acceptors (Lipinski definition) is 3. The summed E-state index contributed by atoms with van der Waals surface area (Å²) in [5, 5.41) is 24.1. The topological polar surface area (TPSA) is 58.3 Å². The van der Waals surface area contributed by atoms with Crippen LogP contribution in [-0.4, -0.2) is 26.1 Å². The van der Waals surface area contributed by atoms with E-state index in [1.807, 2.05) is 37.5 Å². The lowest BCUT2D eigenvalue weighted by Gasteiger charge is -2.17. The fourth-order valence-electron chi connectivity index (χ4n) is 1.77. The molecule has 2 aromatic rings. The molecule has 2 N–H and O–H groups in total. The zero-order valence-electron chi connectivity index (χ0n) is 9.69. The van der Waals surface area contributed by atoms with Crippen LogP contribution in [0.3, 0.4) is 0 Å². The second-order valence-electron chi connectivity index (χ2n) is 4.11. The molecule has 0 saturated carbocycles. The standard InChI is InChI=1S/C13H16N2O2/c1-15-8-7-11(14-15)9-12(16)13(17)10-5-3-2-4-6-10/h2-8,12-13,16-17H,9H2,1H3. The average Bonchev–Trinajstić information content (AvgIpc) is 2.75. The predicted octanol–water partition coefficient (Wildman–Crippen LogP) is 1.06. The van der Waals surface area contributed by atoms with Gasteiger partial charge in [0.1, 0.15) is 6.10 Å².